The molecule has 1 aliphatic rings. The molecule has 6 aromatic rings. The van der Waals surface area contributed by atoms with Crippen molar-refractivity contribution in [2.45, 2.75) is 185 Å². The number of aryl methyl sites for hydroxylation is 2. The molecule has 0 bridgehead atoms. The van der Waals surface area contributed by atoms with Crippen LogP contribution >= 0.6 is 39.1 Å². The van der Waals surface area contributed by atoms with Gasteiger partial charge in [-0.15, -0.1) is 10.2 Å². The van der Waals surface area contributed by atoms with Gasteiger partial charge in [0.1, 0.15) is 26.7 Å². The summed E-state index contributed by atoms with van der Waals surface area (Å²) in [6.07, 6.45) is 3.38. The molecule has 26 heteroatoms. The Bertz CT molecular complexity index is 3350. The summed E-state index contributed by atoms with van der Waals surface area (Å²) in [5.74, 6) is 1.22. The Hall–Kier alpha value is -5.44. The van der Waals surface area contributed by atoms with Crippen molar-refractivity contribution in [3.05, 3.63) is 86.6 Å². The molecule has 5 heterocycles. The lowest BCUT2D eigenvalue weighted by molar-refractivity contribution is -0.153. The van der Waals surface area contributed by atoms with Gasteiger partial charge in [0.15, 0.2) is 11.6 Å². The predicted molar refractivity (Wildman–Crippen MR) is 364 cm³/mol. The number of hydrogen-bond donors (Lipinski definition) is 0. The standard InChI is InChI=1S/C29H41ClN4O5Si.C18H28BNO5.C17H25BrClN3O2Si/c1-19(2)39-28-32-26(33-34(28)18-37-12-13-40(7,8)9)22-11-10-21(15-24(22)30)23-16-31-25(14-20(23)3)38-17-29(4,5)27(35)36-6;1-12-9-14(23-11-16(2,3)15(21)22-8)20-10-13(12)19-24-17(4,5)18(6,7)25-19;1-12(2)24-17-20-16(14-7-6-13(18)10-15(14)19)21-22(17)11-23-8-9-25(3,4)5/h10-11,14-16,19H,12-13,17-18H2,1-9H3;9-10H,11H2,1-8H3;6-7,10,12H,8-9,11H2,1-5H3. The van der Waals surface area contributed by atoms with Crippen LogP contribution in [0, 0.1) is 24.7 Å². The van der Waals surface area contributed by atoms with Gasteiger partial charge >= 0.3 is 31.1 Å². The number of pyridine rings is 2. The first-order valence-corrected chi connectivity index (χ1v) is 39.1. The van der Waals surface area contributed by atoms with Gasteiger partial charge in [-0.25, -0.2) is 9.97 Å². The van der Waals surface area contributed by atoms with Crippen LogP contribution in [0.3, 0.4) is 0 Å². The second-order valence-electron chi connectivity index (χ2n) is 27.4. The number of ether oxygens (including phenoxy) is 8. The Labute approximate surface area is 553 Å². The van der Waals surface area contributed by atoms with Crippen molar-refractivity contribution in [3.63, 3.8) is 0 Å². The zero-order valence-electron chi connectivity index (χ0n) is 56.8. The third-order valence-electron chi connectivity index (χ3n) is 14.4. The van der Waals surface area contributed by atoms with Crippen molar-refractivity contribution in [2.24, 2.45) is 10.8 Å². The summed E-state index contributed by atoms with van der Waals surface area (Å²) in [4.78, 5) is 41.5. The van der Waals surface area contributed by atoms with E-state index in [1.165, 1.54) is 14.2 Å². The molecule has 1 aliphatic heterocycles. The highest BCUT2D eigenvalue weighted by atomic mass is 79.9. The monoisotopic (exact) mass is 1380 g/mol. The highest BCUT2D eigenvalue weighted by molar-refractivity contribution is 9.10. The van der Waals surface area contributed by atoms with Gasteiger partial charge < -0.3 is 47.2 Å². The summed E-state index contributed by atoms with van der Waals surface area (Å²) in [7, 11) is -0.0444. The van der Waals surface area contributed by atoms with Gasteiger partial charge in [0.05, 0.1) is 58.5 Å². The average molecular weight is 1390 g/mol. The summed E-state index contributed by atoms with van der Waals surface area (Å²) < 4.78 is 60.8. The molecule has 20 nitrogen and oxygen atoms in total. The van der Waals surface area contributed by atoms with Crippen LogP contribution in [0.1, 0.15) is 94.2 Å². The van der Waals surface area contributed by atoms with E-state index in [1.807, 2.05) is 118 Å². The molecule has 494 valence electrons. The normalized spacial score (nSPS) is 14.0. The van der Waals surface area contributed by atoms with Crippen molar-refractivity contribution in [2.75, 3.05) is 40.6 Å². The molecular weight excluding hydrogens is 1290 g/mol. The minimum absolute atomic E-state index is 0.00169. The Morgan fingerprint density at radius 1 is 0.633 bits per heavy atom. The van der Waals surface area contributed by atoms with Gasteiger partial charge in [-0.3, -0.25) is 9.59 Å². The van der Waals surface area contributed by atoms with Crippen LogP contribution in [0.25, 0.3) is 33.9 Å². The van der Waals surface area contributed by atoms with Crippen molar-refractivity contribution in [1.29, 1.82) is 0 Å². The number of hydrogen-bond acceptors (Lipinski definition) is 18. The van der Waals surface area contributed by atoms with E-state index in [0.29, 0.717) is 71.0 Å². The maximum Gasteiger partial charge on any atom is 0.496 e. The van der Waals surface area contributed by atoms with Crippen LogP contribution in [-0.2, 0) is 51.3 Å². The highest BCUT2D eigenvalue weighted by Crippen LogP contribution is 2.38. The molecule has 0 aliphatic carbocycles. The molecule has 1 fully saturated rings. The number of carbonyl (C=O) groups is 2. The van der Waals surface area contributed by atoms with Crippen LogP contribution in [-0.4, -0.2) is 139 Å². The largest absolute Gasteiger partial charge is 0.496 e. The van der Waals surface area contributed by atoms with Gasteiger partial charge in [0.25, 0.3) is 0 Å². The number of benzene rings is 2. The van der Waals surface area contributed by atoms with Gasteiger partial charge in [0.2, 0.25) is 11.8 Å². The lowest BCUT2D eigenvalue weighted by atomic mass is 9.77. The summed E-state index contributed by atoms with van der Waals surface area (Å²) >= 11 is 16.5. The third kappa shape index (κ3) is 22.1. The number of esters is 2. The molecule has 0 N–H and O–H groups in total. The average Bonchev–Trinajstić information content (AvgIpc) is 1.63. The first-order chi connectivity index (χ1) is 41.7. The van der Waals surface area contributed by atoms with E-state index in [-0.39, 0.29) is 44.1 Å². The second kappa shape index (κ2) is 31.9. The molecule has 0 amide bonds. The molecule has 0 spiro atoms. The molecule has 7 rings (SSSR count). The van der Waals surface area contributed by atoms with Crippen LogP contribution in [0.2, 0.25) is 61.4 Å². The summed E-state index contributed by atoms with van der Waals surface area (Å²) in [6.45, 7) is 43.1. The number of rotatable bonds is 26. The van der Waals surface area contributed by atoms with E-state index < -0.39 is 45.3 Å². The predicted octanol–water partition coefficient (Wildman–Crippen LogP) is 14.4. The zero-order chi connectivity index (χ0) is 67.3. The minimum Gasteiger partial charge on any atom is -0.476 e. The molecule has 0 saturated carbocycles. The van der Waals surface area contributed by atoms with Crippen LogP contribution in [0.5, 0.6) is 23.8 Å². The van der Waals surface area contributed by atoms with E-state index >= 15 is 0 Å². The molecular formula is C64H94BBrCl2N8O12Si2. The summed E-state index contributed by atoms with van der Waals surface area (Å²) in [6, 6.07) is 18.0. The molecule has 0 radical (unpaired) electrons. The molecule has 0 unspecified atom stereocenters. The van der Waals surface area contributed by atoms with E-state index in [9.17, 15) is 9.59 Å². The third-order valence-corrected chi connectivity index (χ3v) is 19.0. The van der Waals surface area contributed by atoms with E-state index in [0.717, 1.165) is 49.8 Å². The fourth-order valence-electron chi connectivity index (χ4n) is 8.17. The zero-order valence-corrected chi connectivity index (χ0v) is 61.9. The number of aromatic nitrogens is 8. The number of halogens is 3. The van der Waals surface area contributed by atoms with Crippen LogP contribution in [0.4, 0.5) is 0 Å². The number of methoxy groups -OCH3 is 2. The van der Waals surface area contributed by atoms with Crippen molar-refractivity contribution in [1.82, 2.24) is 39.5 Å². The van der Waals surface area contributed by atoms with E-state index in [2.05, 4.69) is 85.3 Å². The highest BCUT2D eigenvalue weighted by Gasteiger charge is 2.52. The number of carbonyl (C=O) groups excluding carboxylic acids is 2. The Morgan fingerprint density at radius 3 is 1.44 bits per heavy atom. The SMILES string of the molecule is CC(C)Oc1nc(-c2ccc(Br)cc2Cl)nn1COCC[Si](C)(C)C.COC(=O)C(C)(C)COc1cc(C)c(-c2ccc(-c3nc(OC(C)C)n(COCC[Si](C)(C)C)n3)c(Cl)c2)cn1.COC(=O)C(C)(C)COc1cc(C)c(B2OC(C)(C)C(C)(C)O2)cn1. The molecule has 2 aromatic carbocycles. The maximum absolute atomic E-state index is 11.9. The number of nitrogens with zero attached hydrogens (tertiary/aromatic N) is 8. The van der Waals surface area contributed by atoms with Gasteiger partial charge in [-0.2, -0.15) is 19.3 Å². The maximum atomic E-state index is 11.9. The Balaban J connectivity index is 0.000000257. The fraction of sp³-hybridized carbons (Fsp3) is 0.562. The van der Waals surface area contributed by atoms with Crippen LogP contribution < -0.4 is 24.4 Å². The van der Waals surface area contributed by atoms with Crippen LogP contribution in [0.15, 0.2) is 65.4 Å². The van der Waals surface area contributed by atoms with Gasteiger partial charge in [0, 0.05) is 80.5 Å². The smallest absolute Gasteiger partial charge is 0.476 e. The molecule has 4 aromatic heterocycles. The minimum atomic E-state index is -1.20. The summed E-state index contributed by atoms with van der Waals surface area (Å²) in [5.41, 5.74) is 3.72. The van der Waals surface area contributed by atoms with Crippen molar-refractivity contribution >= 4 is 79.8 Å². The lowest BCUT2D eigenvalue weighted by Gasteiger charge is -2.32. The van der Waals surface area contributed by atoms with E-state index in [4.69, 9.17) is 70.4 Å². The topological polar surface area (TPSA) is 214 Å². The molecule has 1 saturated heterocycles. The Kier molecular flexibility index (Phi) is 26.7. The quantitative estimate of drug-likeness (QED) is 0.0280. The van der Waals surface area contributed by atoms with Crippen molar-refractivity contribution in [3.8, 4) is 57.7 Å². The van der Waals surface area contributed by atoms with Gasteiger partial charge in [-0.1, -0.05) is 84.5 Å². The first-order valence-electron chi connectivity index (χ1n) is 30.1. The Morgan fingerprint density at radius 2 is 1.06 bits per heavy atom. The molecule has 90 heavy (non-hydrogen) atoms. The van der Waals surface area contributed by atoms with Crippen molar-refractivity contribution < 1.29 is 56.8 Å². The second-order valence-corrected chi connectivity index (χ2v) is 40.4. The fourth-order valence-corrected chi connectivity index (χ4v) is 10.7. The lowest BCUT2D eigenvalue weighted by Crippen LogP contribution is -2.41. The first kappa shape index (κ1) is 75.3. The van der Waals surface area contributed by atoms with Gasteiger partial charge in [-0.05, 0) is 156 Å². The van der Waals surface area contributed by atoms with E-state index in [1.54, 1.807) is 49.5 Å². The molecule has 0 atom stereocenters. The summed E-state index contributed by atoms with van der Waals surface area (Å²) in [5, 5.41) is 10.3.